The van der Waals surface area contributed by atoms with E-state index in [0.717, 1.165) is 54.9 Å². The fourth-order valence-corrected chi connectivity index (χ4v) is 3.69. The van der Waals surface area contributed by atoms with E-state index in [2.05, 4.69) is 11.7 Å². The van der Waals surface area contributed by atoms with Crippen molar-refractivity contribution in [1.82, 2.24) is 0 Å². The lowest BCUT2D eigenvalue weighted by Gasteiger charge is -2.12. The molecular weight excluding hydrogens is 385 g/mol. The van der Waals surface area contributed by atoms with E-state index in [1.54, 1.807) is 6.07 Å². The second-order valence-electron chi connectivity index (χ2n) is 6.16. The van der Waals surface area contributed by atoms with Crippen molar-refractivity contribution in [3.05, 3.63) is 23.3 Å². The summed E-state index contributed by atoms with van der Waals surface area (Å²) in [7, 11) is 2.52. The second kappa shape index (κ2) is 11.6. The lowest BCUT2D eigenvalue weighted by molar-refractivity contribution is -0.135. The molecule has 0 aliphatic heterocycles. The molecule has 0 unspecified atom stereocenters. The lowest BCUT2D eigenvalue weighted by Crippen LogP contribution is -2.06. The van der Waals surface area contributed by atoms with Gasteiger partial charge >= 0.3 is 12.1 Å². The van der Waals surface area contributed by atoms with Crippen molar-refractivity contribution in [1.29, 1.82) is 0 Å². The van der Waals surface area contributed by atoms with Crippen LogP contribution in [0.1, 0.15) is 67.3 Å². The first-order valence-electron chi connectivity index (χ1n) is 8.61. The highest BCUT2D eigenvalue weighted by molar-refractivity contribution is 8.68. The predicted molar refractivity (Wildman–Crippen MR) is 101 cm³/mol. The fourth-order valence-electron chi connectivity index (χ4n) is 2.77. The molecule has 0 heterocycles. The van der Waals surface area contributed by atoms with Crippen molar-refractivity contribution >= 4 is 28.4 Å². The molecule has 0 bridgehead atoms. The third-order valence-electron chi connectivity index (χ3n) is 4.08. The van der Waals surface area contributed by atoms with E-state index in [-0.39, 0.29) is 12.0 Å². The Morgan fingerprint density at radius 1 is 1.12 bits per heavy atom. The van der Waals surface area contributed by atoms with Gasteiger partial charge in [-0.15, -0.1) is 11.7 Å². The van der Waals surface area contributed by atoms with Crippen LogP contribution in [0.5, 0.6) is 5.75 Å². The first-order chi connectivity index (χ1) is 12.3. The van der Waals surface area contributed by atoms with Crippen LogP contribution in [0.3, 0.4) is 0 Å². The number of hydrogen-bond acceptors (Lipinski definition) is 4. The third-order valence-corrected chi connectivity index (χ3v) is 5.19. The van der Waals surface area contributed by atoms with Crippen LogP contribution in [0.15, 0.2) is 17.0 Å². The SMILES string of the molecule is COc1cc(CCCCCCCCCC(F)(F)F)cc(SS)c1C(=O)O. The van der Waals surface area contributed by atoms with Crippen LogP contribution >= 0.6 is 22.5 Å². The number of halogens is 3. The van der Waals surface area contributed by atoms with Crippen LogP contribution in [0.4, 0.5) is 13.2 Å². The highest BCUT2D eigenvalue weighted by Gasteiger charge is 2.25. The minimum absolute atomic E-state index is 0.120. The van der Waals surface area contributed by atoms with E-state index >= 15 is 0 Å². The molecule has 0 saturated heterocycles. The van der Waals surface area contributed by atoms with Crippen LogP contribution in [0, 0.1) is 0 Å². The van der Waals surface area contributed by atoms with Gasteiger partial charge in [0.15, 0.2) is 0 Å². The van der Waals surface area contributed by atoms with Crippen molar-refractivity contribution in [3.8, 4) is 5.75 Å². The van der Waals surface area contributed by atoms with E-state index < -0.39 is 18.6 Å². The Hall–Kier alpha value is -1.02. The highest BCUT2D eigenvalue weighted by atomic mass is 33.1. The van der Waals surface area contributed by atoms with Crippen LogP contribution in [-0.4, -0.2) is 24.4 Å². The van der Waals surface area contributed by atoms with E-state index in [1.165, 1.54) is 7.11 Å². The Labute approximate surface area is 161 Å². The van der Waals surface area contributed by atoms with Gasteiger partial charge in [0.1, 0.15) is 11.3 Å². The summed E-state index contributed by atoms with van der Waals surface area (Å²) < 4.78 is 41.3. The van der Waals surface area contributed by atoms with Gasteiger partial charge in [-0.3, -0.25) is 0 Å². The van der Waals surface area contributed by atoms with Gasteiger partial charge in [-0.2, -0.15) is 13.2 Å². The van der Waals surface area contributed by atoms with Gasteiger partial charge in [-0.05, 0) is 37.0 Å². The topological polar surface area (TPSA) is 46.5 Å². The summed E-state index contributed by atoms with van der Waals surface area (Å²) in [6, 6.07) is 3.56. The number of thiol groups is 1. The average Bonchev–Trinajstić information content (AvgIpc) is 2.58. The molecule has 0 atom stereocenters. The van der Waals surface area contributed by atoms with Crippen LogP contribution in [-0.2, 0) is 6.42 Å². The standard InChI is InChI=1S/C18H25F3O3S2/c1-24-14-11-13(12-15(26-25)16(14)17(22)23)9-7-5-3-2-4-6-8-10-18(19,20)21/h11-12,25H,2-10H2,1H3,(H,22,23). The molecule has 0 radical (unpaired) electrons. The summed E-state index contributed by atoms with van der Waals surface area (Å²) >= 11 is 4.12. The molecule has 0 amide bonds. The number of aryl methyl sites for hydroxylation is 1. The first-order valence-corrected chi connectivity index (χ1v) is 10.5. The van der Waals surface area contributed by atoms with Crippen molar-refractivity contribution in [2.75, 3.05) is 7.11 Å². The Bertz CT molecular complexity index is 552. The number of rotatable bonds is 12. The Kier molecular flexibility index (Phi) is 10.3. The maximum absolute atomic E-state index is 12.0. The van der Waals surface area contributed by atoms with Gasteiger partial charge in [-0.25, -0.2) is 4.79 Å². The summed E-state index contributed by atoms with van der Waals surface area (Å²) in [5.74, 6) is -0.716. The largest absolute Gasteiger partial charge is 0.496 e. The van der Waals surface area contributed by atoms with Gasteiger partial charge in [0, 0.05) is 11.3 Å². The molecule has 0 spiro atoms. The first kappa shape index (κ1) is 23.0. The average molecular weight is 411 g/mol. The minimum Gasteiger partial charge on any atom is -0.496 e. The molecule has 0 aliphatic carbocycles. The summed E-state index contributed by atoms with van der Waals surface area (Å²) in [5, 5.41) is 9.29. The number of aromatic carboxylic acids is 1. The molecule has 0 saturated carbocycles. The predicted octanol–water partition coefficient (Wildman–Crippen LogP) is 6.56. The maximum Gasteiger partial charge on any atom is 0.389 e. The summed E-state index contributed by atoms with van der Waals surface area (Å²) in [6.07, 6.45) is 1.60. The molecule has 0 fully saturated rings. The smallest absolute Gasteiger partial charge is 0.389 e. The van der Waals surface area contributed by atoms with Crippen LogP contribution in [0.25, 0.3) is 0 Å². The monoisotopic (exact) mass is 410 g/mol. The number of carboxylic acids is 1. The molecule has 0 aromatic heterocycles. The number of benzene rings is 1. The molecular formula is C18H25F3O3S2. The number of ether oxygens (including phenoxy) is 1. The van der Waals surface area contributed by atoms with Crippen molar-refractivity contribution in [2.24, 2.45) is 0 Å². The van der Waals surface area contributed by atoms with E-state index in [9.17, 15) is 23.1 Å². The Morgan fingerprint density at radius 2 is 1.69 bits per heavy atom. The van der Waals surface area contributed by atoms with Gasteiger partial charge < -0.3 is 9.84 Å². The second-order valence-corrected chi connectivity index (χ2v) is 7.33. The molecule has 148 valence electrons. The molecule has 1 aromatic rings. The van der Waals surface area contributed by atoms with Gasteiger partial charge in [0.05, 0.1) is 7.11 Å². The number of carboxylic acid groups (broad SMARTS) is 1. The molecule has 8 heteroatoms. The van der Waals surface area contributed by atoms with E-state index in [0.29, 0.717) is 17.1 Å². The summed E-state index contributed by atoms with van der Waals surface area (Å²) in [5.41, 5.74) is 1.11. The number of alkyl halides is 3. The highest BCUT2D eigenvalue weighted by Crippen LogP contribution is 2.34. The number of hydrogen-bond donors (Lipinski definition) is 2. The van der Waals surface area contributed by atoms with Gasteiger partial charge in [0.2, 0.25) is 0 Å². The van der Waals surface area contributed by atoms with E-state index in [1.807, 2.05) is 6.07 Å². The molecule has 1 rings (SSSR count). The zero-order valence-electron chi connectivity index (χ0n) is 14.8. The van der Waals surface area contributed by atoms with Gasteiger partial charge in [-0.1, -0.05) is 42.9 Å². The zero-order valence-corrected chi connectivity index (χ0v) is 16.5. The Morgan fingerprint density at radius 3 is 2.19 bits per heavy atom. The fraction of sp³-hybridized carbons (Fsp3) is 0.611. The molecule has 26 heavy (non-hydrogen) atoms. The number of carbonyl (C=O) groups is 1. The summed E-state index contributed by atoms with van der Waals surface area (Å²) in [6.45, 7) is 0. The quantitative estimate of drug-likeness (QED) is 0.233. The minimum atomic E-state index is -4.04. The van der Waals surface area contributed by atoms with Gasteiger partial charge in [0.25, 0.3) is 0 Å². The Balaban J connectivity index is 2.34. The van der Waals surface area contributed by atoms with Crippen molar-refractivity contribution < 1.29 is 27.8 Å². The van der Waals surface area contributed by atoms with Crippen LogP contribution < -0.4 is 4.74 Å². The molecule has 0 aliphatic rings. The number of methoxy groups -OCH3 is 1. The van der Waals surface area contributed by atoms with Crippen molar-refractivity contribution in [2.45, 2.75) is 68.9 Å². The summed E-state index contributed by atoms with van der Waals surface area (Å²) in [4.78, 5) is 11.9. The third kappa shape index (κ3) is 8.58. The number of unbranched alkanes of at least 4 members (excludes halogenated alkanes) is 6. The molecule has 3 nitrogen and oxygen atoms in total. The maximum atomic E-state index is 12.0. The normalized spacial score (nSPS) is 11.6. The zero-order chi connectivity index (χ0) is 19.6. The van der Waals surface area contributed by atoms with Crippen LogP contribution in [0.2, 0.25) is 0 Å². The molecule has 1 aromatic carbocycles. The molecule has 1 N–H and O–H groups in total. The van der Waals surface area contributed by atoms with E-state index in [4.69, 9.17) is 4.74 Å². The lowest BCUT2D eigenvalue weighted by atomic mass is 10.0. The van der Waals surface area contributed by atoms with Crippen molar-refractivity contribution in [3.63, 3.8) is 0 Å².